The summed E-state index contributed by atoms with van der Waals surface area (Å²) >= 11 is 0. The molecule has 1 aromatic rings. The molecule has 0 aliphatic carbocycles. The summed E-state index contributed by atoms with van der Waals surface area (Å²) in [5.41, 5.74) is 2.53. The molecule has 0 aromatic carbocycles. The van der Waals surface area contributed by atoms with Gasteiger partial charge in [0.25, 0.3) is 0 Å². The van der Waals surface area contributed by atoms with Crippen molar-refractivity contribution in [3.8, 4) is 0 Å². The summed E-state index contributed by atoms with van der Waals surface area (Å²) in [6.45, 7) is 4.49. The minimum absolute atomic E-state index is 0.0988. The summed E-state index contributed by atoms with van der Waals surface area (Å²) in [5, 5.41) is 3.11. The van der Waals surface area contributed by atoms with Crippen LogP contribution < -0.4 is 16.6 Å². The van der Waals surface area contributed by atoms with E-state index in [0.717, 1.165) is 5.76 Å². The molecule has 0 aliphatic heterocycles. The number of hydrogen-bond acceptors (Lipinski definition) is 4. The largest absolute Gasteiger partial charge is 0.467 e. The highest BCUT2D eigenvalue weighted by Crippen LogP contribution is 2.16. The molecular formula is C11H20N4O2. The van der Waals surface area contributed by atoms with Gasteiger partial charge in [-0.3, -0.25) is 5.43 Å². The van der Waals surface area contributed by atoms with Crippen molar-refractivity contribution in [2.75, 3.05) is 13.7 Å². The van der Waals surface area contributed by atoms with Crippen LogP contribution in [0, 0.1) is 0 Å². The first-order valence-corrected chi connectivity index (χ1v) is 5.50. The van der Waals surface area contributed by atoms with Gasteiger partial charge in [0.1, 0.15) is 11.8 Å². The lowest BCUT2D eigenvalue weighted by Crippen LogP contribution is -2.47. The third-order valence-corrected chi connectivity index (χ3v) is 2.21. The predicted molar refractivity (Wildman–Crippen MR) is 66.4 cm³/mol. The maximum Gasteiger partial charge on any atom is 0.206 e. The van der Waals surface area contributed by atoms with Crippen LogP contribution in [0.5, 0.6) is 0 Å². The summed E-state index contributed by atoms with van der Waals surface area (Å²) in [6, 6.07) is 3.73. The summed E-state index contributed by atoms with van der Waals surface area (Å²) in [4.78, 5) is 4.38. The second-order valence-corrected chi connectivity index (χ2v) is 3.81. The number of nitrogens with zero attached hydrogens (tertiary/aromatic N) is 1. The van der Waals surface area contributed by atoms with Crippen molar-refractivity contribution in [3.05, 3.63) is 24.2 Å². The fourth-order valence-electron chi connectivity index (χ4n) is 1.43. The van der Waals surface area contributed by atoms with E-state index in [4.69, 9.17) is 15.0 Å². The fraction of sp³-hybridized carbons (Fsp3) is 0.545. The Balaban J connectivity index is 2.60. The molecule has 1 heterocycles. The lowest BCUT2D eigenvalue weighted by molar-refractivity contribution is 0.179. The van der Waals surface area contributed by atoms with E-state index in [9.17, 15) is 0 Å². The Morgan fingerprint density at radius 1 is 1.59 bits per heavy atom. The molecule has 2 unspecified atom stereocenters. The van der Waals surface area contributed by atoms with E-state index in [2.05, 4.69) is 15.7 Å². The van der Waals surface area contributed by atoms with Crippen LogP contribution in [0.2, 0.25) is 0 Å². The molecule has 96 valence electrons. The lowest BCUT2D eigenvalue weighted by atomic mass is 10.3. The van der Waals surface area contributed by atoms with Crippen molar-refractivity contribution >= 4 is 5.96 Å². The maximum absolute atomic E-state index is 5.40. The van der Waals surface area contributed by atoms with Crippen LogP contribution in [0.1, 0.15) is 25.6 Å². The number of hydrogen-bond donors (Lipinski definition) is 3. The number of guanidine groups is 1. The van der Waals surface area contributed by atoms with Crippen LogP contribution in [0.25, 0.3) is 0 Å². The molecule has 0 fully saturated rings. The summed E-state index contributed by atoms with van der Waals surface area (Å²) in [5.74, 6) is 6.71. The smallest absolute Gasteiger partial charge is 0.206 e. The molecule has 4 N–H and O–H groups in total. The van der Waals surface area contributed by atoms with Gasteiger partial charge >= 0.3 is 0 Å². The Labute approximate surface area is 101 Å². The van der Waals surface area contributed by atoms with Crippen LogP contribution >= 0.6 is 0 Å². The fourth-order valence-corrected chi connectivity index (χ4v) is 1.43. The van der Waals surface area contributed by atoms with Gasteiger partial charge in [-0.1, -0.05) is 0 Å². The van der Waals surface area contributed by atoms with Gasteiger partial charge in [0.2, 0.25) is 5.96 Å². The van der Waals surface area contributed by atoms with Crippen LogP contribution in [0.4, 0.5) is 0 Å². The van der Waals surface area contributed by atoms with E-state index in [1.807, 2.05) is 26.0 Å². The third-order valence-electron chi connectivity index (χ3n) is 2.21. The Hall–Kier alpha value is -1.53. The molecule has 0 saturated carbocycles. The van der Waals surface area contributed by atoms with Gasteiger partial charge in [-0.15, -0.1) is 0 Å². The number of aliphatic imine (C=N–C) groups is 1. The summed E-state index contributed by atoms with van der Waals surface area (Å²) in [7, 11) is 1.65. The van der Waals surface area contributed by atoms with Crippen molar-refractivity contribution in [1.29, 1.82) is 0 Å². The van der Waals surface area contributed by atoms with Gasteiger partial charge in [0.05, 0.1) is 12.9 Å². The van der Waals surface area contributed by atoms with Gasteiger partial charge in [0.15, 0.2) is 0 Å². The molecule has 6 nitrogen and oxygen atoms in total. The minimum Gasteiger partial charge on any atom is -0.467 e. The lowest BCUT2D eigenvalue weighted by Gasteiger charge is -2.16. The van der Waals surface area contributed by atoms with Crippen molar-refractivity contribution in [3.63, 3.8) is 0 Å². The minimum atomic E-state index is -0.0988. The van der Waals surface area contributed by atoms with E-state index in [1.165, 1.54) is 0 Å². The van der Waals surface area contributed by atoms with Crippen molar-refractivity contribution in [2.24, 2.45) is 10.8 Å². The first-order chi connectivity index (χ1) is 8.17. The maximum atomic E-state index is 5.40. The number of hydrazine groups is 1. The van der Waals surface area contributed by atoms with E-state index in [0.29, 0.717) is 12.6 Å². The third kappa shape index (κ3) is 4.46. The van der Waals surface area contributed by atoms with Crippen molar-refractivity contribution in [1.82, 2.24) is 10.7 Å². The molecule has 0 spiro atoms. The quantitative estimate of drug-likeness (QED) is 0.306. The average Bonchev–Trinajstić information content (AvgIpc) is 2.81. The predicted octanol–water partition coefficient (Wildman–Crippen LogP) is 0.784. The zero-order valence-electron chi connectivity index (χ0n) is 10.4. The summed E-state index contributed by atoms with van der Waals surface area (Å²) < 4.78 is 10.3. The molecular weight excluding hydrogens is 220 g/mol. The normalized spacial score (nSPS) is 15.4. The van der Waals surface area contributed by atoms with Gasteiger partial charge in [-0.2, -0.15) is 0 Å². The SMILES string of the molecule is COCC(C)NC(=NC(C)c1ccco1)NN. The van der Waals surface area contributed by atoms with Gasteiger partial charge in [-0.25, -0.2) is 10.8 Å². The zero-order valence-corrected chi connectivity index (χ0v) is 10.4. The Kier molecular flexibility index (Phi) is 5.51. The molecule has 0 amide bonds. The average molecular weight is 240 g/mol. The Morgan fingerprint density at radius 3 is 2.88 bits per heavy atom. The Bertz CT molecular complexity index is 337. The van der Waals surface area contributed by atoms with Gasteiger partial charge in [-0.05, 0) is 26.0 Å². The standard InChI is InChI=1S/C11H20N4O2/c1-8(7-16-3)13-11(15-12)14-9(2)10-5-4-6-17-10/h4-6,8-9H,7,12H2,1-3H3,(H2,13,14,15). The van der Waals surface area contributed by atoms with Crippen LogP contribution in [-0.4, -0.2) is 25.7 Å². The zero-order chi connectivity index (χ0) is 12.7. The van der Waals surface area contributed by atoms with E-state index in [-0.39, 0.29) is 12.1 Å². The number of furan rings is 1. The monoisotopic (exact) mass is 240 g/mol. The first-order valence-electron chi connectivity index (χ1n) is 5.50. The topological polar surface area (TPSA) is 84.8 Å². The van der Waals surface area contributed by atoms with Crippen LogP contribution in [0.15, 0.2) is 27.8 Å². The van der Waals surface area contributed by atoms with Gasteiger partial charge in [0, 0.05) is 13.2 Å². The Morgan fingerprint density at radius 2 is 2.35 bits per heavy atom. The summed E-state index contributed by atoms with van der Waals surface area (Å²) in [6.07, 6.45) is 1.62. The van der Waals surface area contributed by atoms with Gasteiger partial charge < -0.3 is 14.5 Å². The highest BCUT2D eigenvalue weighted by Gasteiger charge is 2.09. The second-order valence-electron chi connectivity index (χ2n) is 3.81. The van der Waals surface area contributed by atoms with E-state index in [1.54, 1.807) is 13.4 Å². The molecule has 2 atom stereocenters. The highest BCUT2D eigenvalue weighted by molar-refractivity contribution is 5.79. The molecule has 1 aromatic heterocycles. The molecule has 6 heteroatoms. The number of ether oxygens (including phenoxy) is 1. The van der Waals surface area contributed by atoms with Crippen molar-refractivity contribution < 1.29 is 9.15 Å². The first kappa shape index (κ1) is 13.5. The van der Waals surface area contributed by atoms with E-state index >= 15 is 0 Å². The van der Waals surface area contributed by atoms with Crippen molar-refractivity contribution in [2.45, 2.75) is 25.9 Å². The molecule has 0 radical (unpaired) electrons. The molecule has 0 saturated heterocycles. The molecule has 1 rings (SSSR count). The number of methoxy groups -OCH3 is 1. The number of rotatable bonds is 5. The number of nitrogens with one attached hydrogen (secondary N) is 2. The number of nitrogens with two attached hydrogens (primary N) is 1. The van der Waals surface area contributed by atoms with E-state index < -0.39 is 0 Å². The second kappa shape index (κ2) is 6.93. The van der Waals surface area contributed by atoms with Crippen LogP contribution in [-0.2, 0) is 4.74 Å². The van der Waals surface area contributed by atoms with Crippen LogP contribution in [0.3, 0.4) is 0 Å². The molecule has 0 aliphatic rings. The highest BCUT2D eigenvalue weighted by atomic mass is 16.5. The molecule has 17 heavy (non-hydrogen) atoms. The molecule has 0 bridgehead atoms.